The molecule has 0 radical (unpaired) electrons. The molecule has 0 atom stereocenters. The topological polar surface area (TPSA) is 35.5 Å². The molecule has 3 nitrogen and oxygen atoms in total. The van der Waals surface area contributed by atoms with Crippen molar-refractivity contribution in [1.82, 2.24) is 0 Å². The zero-order chi connectivity index (χ0) is 14.5. The first-order valence-corrected chi connectivity index (χ1v) is 7.35. The second-order valence-corrected chi connectivity index (χ2v) is 5.25. The third-order valence-electron chi connectivity index (χ3n) is 3.63. The highest BCUT2D eigenvalue weighted by Crippen LogP contribution is 2.26. The van der Waals surface area contributed by atoms with Gasteiger partial charge in [0.05, 0.1) is 11.7 Å². The van der Waals surface area contributed by atoms with Crippen LogP contribution in [0, 0.1) is 0 Å². The van der Waals surface area contributed by atoms with E-state index in [0.29, 0.717) is 17.4 Å². The van der Waals surface area contributed by atoms with Gasteiger partial charge in [-0.1, -0.05) is 24.3 Å². The maximum Gasteiger partial charge on any atom is 0.343 e. The highest BCUT2D eigenvalue weighted by molar-refractivity contribution is 5.90. The lowest BCUT2D eigenvalue weighted by atomic mass is 10.2. The Morgan fingerprint density at radius 1 is 0.905 bits per heavy atom. The summed E-state index contributed by atoms with van der Waals surface area (Å²) >= 11 is 0. The van der Waals surface area contributed by atoms with Crippen LogP contribution in [0.1, 0.15) is 36.0 Å². The Bertz CT molecular complexity index is 601. The molecule has 0 unspecified atom stereocenters. The molecule has 1 aliphatic carbocycles. The minimum atomic E-state index is -0.353. The molecule has 0 saturated heterocycles. The van der Waals surface area contributed by atoms with Crippen molar-refractivity contribution in [3.63, 3.8) is 0 Å². The first kappa shape index (κ1) is 13.7. The predicted octanol–water partition coefficient (Wildman–Crippen LogP) is 4.23. The number of ether oxygens (including phenoxy) is 2. The number of carbonyl (C=O) groups is 1. The summed E-state index contributed by atoms with van der Waals surface area (Å²) in [5, 5.41) is 0. The average Bonchev–Trinajstić information content (AvgIpc) is 3.01. The molecule has 0 spiro atoms. The molecule has 1 aliphatic rings. The van der Waals surface area contributed by atoms with Crippen LogP contribution in [0.5, 0.6) is 11.5 Å². The molecular formula is C18H18O3. The standard InChI is InChI=1S/C18H18O3/c19-18(14-7-2-1-3-8-14)21-17-12-6-11-16(13-17)20-15-9-4-5-10-15/h1-3,6-8,11-13,15H,4-5,9-10H2. The van der Waals surface area contributed by atoms with Crippen LogP contribution in [-0.2, 0) is 0 Å². The molecule has 0 amide bonds. The highest BCUT2D eigenvalue weighted by atomic mass is 16.5. The van der Waals surface area contributed by atoms with E-state index in [1.807, 2.05) is 30.3 Å². The summed E-state index contributed by atoms with van der Waals surface area (Å²) in [5.41, 5.74) is 0.541. The Labute approximate surface area is 124 Å². The summed E-state index contributed by atoms with van der Waals surface area (Å²) in [6.07, 6.45) is 4.97. The van der Waals surface area contributed by atoms with Crippen molar-refractivity contribution < 1.29 is 14.3 Å². The summed E-state index contributed by atoms with van der Waals surface area (Å²) < 4.78 is 11.3. The minimum absolute atomic E-state index is 0.296. The van der Waals surface area contributed by atoms with Gasteiger partial charge in [-0.3, -0.25) is 0 Å². The molecular weight excluding hydrogens is 264 g/mol. The van der Waals surface area contributed by atoms with E-state index >= 15 is 0 Å². The van der Waals surface area contributed by atoms with Gasteiger partial charge in [-0.15, -0.1) is 0 Å². The molecule has 2 aromatic rings. The van der Waals surface area contributed by atoms with Gasteiger partial charge in [0.25, 0.3) is 0 Å². The van der Waals surface area contributed by atoms with Gasteiger partial charge in [-0.05, 0) is 49.9 Å². The first-order valence-electron chi connectivity index (χ1n) is 7.35. The SMILES string of the molecule is O=C(Oc1cccc(OC2CCCC2)c1)c1ccccc1. The number of hydrogen-bond donors (Lipinski definition) is 0. The molecule has 3 heteroatoms. The lowest BCUT2D eigenvalue weighted by Crippen LogP contribution is -2.11. The summed E-state index contributed by atoms with van der Waals surface area (Å²) in [4.78, 5) is 12.0. The quantitative estimate of drug-likeness (QED) is 0.622. The summed E-state index contributed by atoms with van der Waals surface area (Å²) in [7, 11) is 0. The lowest BCUT2D eigenvalue weighted by Gasteiger charge is -2.13. The van der Waals surface area contributed by atoms with Crippen molar-refractivity contribution in [3.8, 4) is 11.5 Å². The number of hydrogen-bond acceptors (Lipinski definition) is 3. The molecule has 1 fully saturated rings. The van der Waals surface area contributed by atoms with Gasteiger partial charge in [0.1, 0.15) is 11.5 Å². The third-order valence-corrected chi connectivity index (χ3v) is 3.63. The van der Waals surface area contributed by atoms with Crippen molar-refractivity contribution in [2.24, 2.45) is 0 Å². The maximum absolute atomic E-state index is 12.0. The van der Waals surface area contributed by atoms with Gasteiger partial charge in [0, 0.05) is 6.07 Å². The van der Waals surface area contributed by atoms with E-state index in [9.17, 15) is 4.79 Å². The second-order valence-electron chi connectivity index (χ2n) is 5.25. The van der Waals surface area contributed by atoms with Crippen LogP contribution in [0.2, 0.25) is 0 Å². The van der Waals surface area contributed by atoms with Gasteiger partial charge in [-0.2, -0.15) is 0 Å². The molecule has 21 heavy (non-hydrogen) atoms. The van der Waals surface area contributed by atoms with Crippen molar-refractivity contribution in [2.45, 2.75) is 31.8 Å². The Morgan fingerprint density at radius 3 is 2.38 bits per heavy atom. The van der Waals surface area contributed by atoms with Crippen molar-refractivity contribution in [3.05, 3.63) is 60.2 Å². The van der Waals surface area contributed by atoms with Crippen LogP contribution in [0.3, 0.4) is 0 Å². The Kier molecular flexibility index (Phi) is 4.20. The fourth-order valence-corrected chi connectivity index (χ4v) is 2.55. The first-order chi connectivity index (χ1) is 10.3. The van der Waals surface area contributed by atoms with Gasteiger partial charge in [0.15, 0.2) is 0 Å². The Hall–Kier alpha value is -2.29. The Morgan fingerprint density at radius 2 is 1.62 bits per heavy atom. The van der Waals surface area contributed by atoms with Crippen molar-refractivity contribution >= 4 is 5.97 Å². The predicted molar refractivity (Wildman–Crippen MR) is 80.7 cm³/mol. The number of benzene rings is 2. The van der Waals surface area contributed by atoms with E-state index in [-0.39, 0.29) is 5.97 Å². The fourth-order valence-electron chi connectivity index (χ4n) is 2.55. The maximum atomic E-state index is 12.0. The lowest BCUT2D eigenvalue weighted by molar-refractivity contribution is 0.0734. The molecule has 0 heterocycles. The van der Waals surface area contributed by atoms with Crippen molar-refractivity contribution in [1.29, 1.82) is 0 Å². The zero-order valence-corrected chi connectivity index (χ0v) is 11.8. The number of carbonyl (C=O) groups excluding carboxylic acids is 1. The van der Waals surface area contributed by atoms with Crippen LogP contribution in [-0.4, -0.2) is 12.1 Å². The molecule has 1 saturated carbocycles. The fraction of sp³-hybridized carbons (Fsp3) is 0.278. The largest absolute Gasteiger partial charge is 0.490 e. The van der Waals surface area contributed by atoms with Crippen LogP contribution in [0.4, 0.5) is 0 Å². The summed E-state index contributed by atoms with van der Waals surface area (Å²) in [6.45, 7) is 0. The van der Waals surface area contributed by atoms with Crippen LogP contribution >= 0.6 is 0 Å². The molecule has 0 aromatic heterocycles. The van der Waals surface area contributed by atoms with Crippen molar-refractivity contribution in [2.75, 3.05) is 0 Å². The molecule has 2 aromatic carbocycles. The van der Waals surface area contributed by atoms with Crippen LogP contribution in [0.15, 0.2) is 54.6 Å². The zero-order valence-electron chi connectivity index (χ0n) is 11.8. The van der Waals surface area contributed by atoms with Crippen LogP contribution < -0.4 is 9.47 Å². The van der Waals surface area contributed by atoms with Gasteiger partial charge >= 0.3 is 5.97 Å². The van der Waals surface area contributed by atoms with E-state index in [4.69, 9.17) is 9.47 Å². The Balaban J connectivity index is 1.66. The van der Waals surface area contributed by atoms with Gasteiger partial charge in [0.2, 0.25) is 0 Å². The van der Waals surface area contributed by atoms with Gasteiger partial charge < -0.3 is 9.47 Å². The number of rotatable bonds is 4. The van der Waals surface area contributed by atoms with Crippen LogP contribution in [0.25, 0.3) is 0 Å². The second kappa shape index (κ2) is 6.44. The molecule has 0 bridgehead atoms. The highest BCUT2D eigenvalue weighted by Gasteiger charge is 2.17. The molecule has 0 N–H and O–H groups in total. The smallest absolute Gasteiger partial charge is 0.343 e. The molecule has 0 aliphatic heterocycles. The average molecular weight is 282 g/mol. The third kappa shape index (κ3) is 3.63. The molecule has 108 valence electrons. The van der Waals surface area contributed by atoms with E-state index < -0.39 is 0 Å². The summed E-state index contributed by atoms with van der Waals surface area (Å²) in [6, 6.07) is 16.3. The number of esters is 1. The normalized spacial score (nSPS) is 14.9. The monoisotopic (exact) mass is 282 g/mol. The minimum Gasteiger partial charge on any atom is -0.490 e. The molecule has 3 rings (SSSR count). The van der Waals surface area contributed by atoms with E-state index in [2.05, 4.69) is 0 Å². The summed E-state index contributed by atoms with van der Waals surface area (Å²) in [5.74, 6) is 0.924. The van der Waals surface area contributed by atoms with E-state index in [1.54, 1.807) is 24.3 Å². The van der Waals surface area contributed by atoms with Gasteiger partial charge in [-0.25, -0.2) is 4.79 Å². The van der Waals surface area contributed by atoms with E-state index in [0.717, 1.165) is 18.6 Å². The van der Waals surface area contributed by atoms with E-state index in [1.165, 1.54) is 12.8 Å².